The van der Waals surface area contributed by atoms with Crippen molar-refractivity contribution in [2.45, 2.75) is 51.6 Å². The SMILES string of the molecule is C[Si](C)(C)OC(OC(=O)CCCCCN=C=O)C([NH])=O. The fraction of sp³-hybridized carbons (Fsp3) is 0.750. The second-order valence-electron chi connectivity index (χ2n) is 5.20. The molecule has 1 unspecified atom stereocenters. The number of nitrogens with zero attached hydrogens (tertiary/aromatic N) is 1. The van der Waals surface area contributed by atoms with Gasteiger partial charge >= 0.3 is 11.9 Å². The molecule has 0 aromatic carbocycles. The number of hydrogen-bond donors (Lipinski definition) is 0. The Hall–Kier alpha value is -1.50. The lowest BCUT2D eigenvalue weighted by Gasteiger charge is -2.23. The Kier molecular flexibility index (Phi) is 8.70. The first-order valence-corrected chi connectivity index (χ1v) is 9.83. The van der Waals surface area contributed by atoms with E-state index in [1.807, 2.05) is 19.6 Å². The number of unbranched alkanes of at least 4 members (excludes halogenated alkanes) is 2. The van der Waals surface area contributed by atoms with Gasteiger partial charge in [-0.3, -0.25) is 15.3 Å². The molecule has 0 spiro atoms. The van der Waals surface area contributed by atoms with E-state index in [-0.39, 0.29) is 6.42 Å². The number of carbonyl (C=O) groups excluding carboxylic acids is 3. The molecular formula is C12H21N2O5Si. The van der Waals surface area contributed by atoms with Crippen LogP contribution in [0.15, 0.2) is 4.99 Å². The molecule has 8 heteroatoms. The highest BCUT2D eigenvalue weighted by Crippen LogP contribution is 2.10. The maximum Gasteiger partial charge on any atom is 0.308 e. The number of esters is 1. The molecule has 1 radical (unpaired) electrons. The monoisotopic (exact) mass is 301 g/mol. The average Bonchev–Trinajstić information content (AvgIpc) is 2.31. The smallest absolute Gasteiger partial charge is 0.308 e. The molecule has 0 aliphatic heterocycles. The molecule has 7 nitrogen and oxygen atoms in total. The van der Waals surface area contributed by atoms with Crippen molar-refractivity contribution in [2.75, 3.05) is 6.54 Å². The van der Waals surface area contributed by atoms with Crippen LogP contribution in [0, 0.1) is 0 Å². The molecule has 1 N–H and O–H groups in total. The quantitative estimate of drug-likeness (QED) is 0.151. The summed E-state index contributed by atoms with van der Waals surface area (Å²) in [5.41, 5.74) is 7.03. The third-order valence-corrected chi connectivity index (χ3v) is 3.05. The van der Waals surface area contributed by atoms with Crippen LogP contribution in [0.2, 0.25) is 19.6 Å². The minimum atomic E-state index is -2.07. The highest BCUT2D eigenvalue weighted by Gasteiger charge is 2.28. The second-order valence-corrected chi connectivity index (χ2v) is 9.66. The Morgan fingerprint density at radius 1 is 1.25 bits per heavy atom. The molecule has 0 aliphatic rings. The Morgan fingerprint density at radius 2 is 1.90 bits per heavy atom. The summed E-state index contributed by atoms with van der Waals surface area (Å²) in [6.07, 6.45) is 2.13. The lowest BCUT2D eigenvalue weighted by atomic mass is 10.2. The van der Waals surface area contributed by atoms with Crippen LogP contribution >= 0.6 is 0 Å². The van der Waals surface area contributed by atoms with Gasteiger partial charge in [-0.2, -0.15) is 0 Å². The highest BCUT2D eigenvalue weighted by molar-refractivity contribution is 6.69. The van der Waals surface area contributed by atoms with Gasteiger partial charge in [0.25, 0.3) is 6.29 Å². The number of nitrogens with one attached hydrogen (secondary N) is 1. The zero-order valence-electron chi connectivity index (χ0n) is 12.1. The van der Waals surface area contributed by atoms with E-state index < -0.39 is 26.5 Å². The molecule has 1 atom stereocenters. The third-order valence-electron chi connectivity index (χ3n) is 2.13. The summed E-state index contributed by atoms with van der Waals surface area (Å²) in [7, 11) is -2.07. The topological polar surface area (TPSA) is 106 Å². The zero-order chi connectivity index (χ0) is 15.6. The summed E-state index contributed by atoms with van der Waals surface area (Å²) < 4.78 is 10.2. The predicted octanol–water partition coefficient (Wildman–Crippen LogP) is 1.41. The lowest BCUT2D eigenvalue weighted by Crippen LogP contribution is -2.40. The molecule has 0 heterocycles. The van der Waals surface area contributed by atoms with Crippen molar-refractivity contribution in [2.24, 2.45) is 4.99 Å². The molecule has 1 amide bonds. The maximum absolute atomic E-state index is 11.5. The van der Waals surface area contributed by atoms with Crippen molar-refractivity contribution in [3.63, 3.8) is 0 Å². The Labute approximate surface area is 119 Å². The van der Waals surface area contributed by atoms with E-state index >= 15 is 0 Å². The molecule has 20 heavy (non-hydrogen) atoms. The van der Waals surface area contributed by atoms with Gasteiger partial charge in [-0.15, -0.1) is 0 Å². The van der Waals surface area contributed by atoms with Gasteiger partial charge in [0.1, 0.15) is 0 Å². The van der Waals surface area contributed by atoms with Gasteiger partial charge in [-0.1, -0.05) is 6.42 Å². The predicted molar refractivity (Wildman–Crippen MR) is 73.9 cm³/mol. The Bertz CT molecular complexity index is 375. The fourth-order valence-electron chi connectivity index (χ4n) is 1.31. The number of rotatable bonds is 10. The summed E-state index contributed by atoms with van der Waals surface area (Å²) in [4.78, 5) is 35.8. The standard InChI is InChI=1S/C12H21N2O5Si/c1-20(2,3)19-12(11(13)17)18-10(16)7-5-4-6-8-14-9-15/h12-13H,4-8H2,1-3H3. The molecule has 113 valence electrons. The molecule has 0 fully saturated rings. The largest absolute Gasteiger partial charge is 0.427 e. The molecule has 0 aliphatic carbocycles. The number of ether oxygens (including phenoxy) is 1. The molecule has 0 saturated carbocycles. The van der Waals surface area contributed by atoms with Gasteiger partial charge in [-0.25, -0.2) is 9.79 Å². The van der Waals surface area contributed by atoms with Crippen molar-refractivity contribution >= 4 is 26.3 Å². The van der Waals surface area contributed by atoms with Gasteiger partial charge in [0, 0.05) is 6.42 Å². The zero-order valence-corrected chi connectivity index (χ0v) is 13.1. The normalized spacial score (nSPS) is 12.3. The van der Waals surface area contributed by atoms with Crippen molar-refractivity contribution in [3.8, 4) is 0 Å². The van der Waals surface area contributed by atoms with Crippen LogP contribution < -0.4 is 5.73 Å². The van der Waals surface area contributed by atoms with E-state index in [1.54, 1.807) is 0 Å². The van der Waals surface area contributed by atoms with E-state index in [4.69, 9.17) is 14.9 Å². The van der Waals surface area contributed by atoms with Crippen LogP contribution in [0.3, 0.4) is 0 Å². The molecule has 0 saturated heterocycles. The summed E-state index contributed by atoms with van der Waals surface area (Å²) in [5, 5.41) is 0. The first-order chi connectivity index (χ1) is 9.26. The molecule has 0 bridgehead atoms. The van der Waals surface area contributed by atoms with Crippen molar-refractivity contribution < 1.29 is 23.5 Å². The van der Waals surface area contributed by atoms with Crippen molar-refractivity contribution in [1.29, 1.82) is 0 Å². The summed E-state index contributed by atoms with van der Waals surface area (Å²) >= 11 is 0. The number of amides is 1. The summed E-state index contributed by atoms with van der Waals surface area (Å²) in [6.45, 7) is 5.91. The number of carbonyl (C=O) groups is 2. The van der Waals surface area contributed by atoms with Gasteiger partial charge < -0.3 is 9.16 Å². The number of aliphatic imine (C=N–C) groups is 1. The first-order valence-electron chi connectivity index (χ1n) is 6.42. The molecule has 0 aromatic heterocycles. The third kappa shape index (κ3) is 10.4. The average molecular weight is 301 g/mol. The lowest BCUT2D eigenvalue weighted by molar-refractivity contribution is -0.172. The first kappa shape index (κ1) is 18.5. The fourth-order valence-corrected chi connectivity index (χ4v) is 2.11. The Morgan fingerprint density at radius 3 is 2.40 bits per heavy atom. The summed E-state index contributed by atoms with van der Waals surface area (Å²) in [6, 6.07) is 0. The van der Waals surface area contributed by atoms with Gasteiger partial charge in [0.05, 0.1) is 6.54 Å². The van der Waals surface area contributed by atoms with Crippen molar-refractivity contribution in [3.05, 3.63) is 0 Å². The van der Waals surface area contributed by atoms with E-state index in [0.717, 1.165) is 0 Å². The van der Waals surface area contributed by atoms with Crippen LogP contribution in [-0.2, 0) is 23.5 Å². The van der Waals surface area contributed by atoms with E-state index in [0.29, 0.717) is 25.8 Å². The second kappa shape index (κ2) is 9.41. The van der Waals surface area contributed by atoms with Crippen LogP contribution in [0.25, 0.3) is 0 Å². The molecular weight excluding hydrogens is 280 g/mol. The van der Waals surface area contributed by atoms with Gasteiger partial charge in [0.15, 0.2) is 8.32 Å². The van der Waals surface area contributed by atoms with Gasteiger partial charge in [-0.05, 0) is 32.5 Å². The minimum Gasteiger partial charge on any atom is -0.427 e. The van der Waals surface area contributed by atoms with E-state index in [9.17, 15) is 14.4 Å². The summed E-state index contributed by atoms with van der Waals surface area (Å²) in [5.74, 6) is -1.62. The van der Waals surface area contributed by atoms with Crippen LogP contribution in [0.1, 0.15) is 25.7 Å². The number of isocyanates is 1. The van der Waals surface area contributed by atoms with Crippen LogP contribution in [0.5, 0.6) is 0 Å². The maximum atomic E-state index is 11.5. The Balaban J connectivity index is 4.02. The van der Waals surface area contributed by atoms with Crippen LogP contribution in [0.4, 0.5) is 0 Å². The minimum absolute atomic E-state index is 0.143. The van der Waals surface area contributed by atoms with Crippen LogP contribution in [-0.4, -0.2) is 39.1 Å². The van der Waals surface area contributed by atoms with Gasteiger partial charge in [0.2, 0.25) is 6.08 Å². The number of hydrogen-bond acceptors (Lipinski definition) is 6. The van der Waals surface area contributed by atoms with E-state index in [2.05, 4.69) is 4.99 Å². The van der Waals surface area contributed by atoms with E-state index in [1.165, 1.54) is 6.08 Å². The molecule has 0 aromatic rings. The highest BCUT2D eigenvalue weighted by atomic mass is 28.4. The molecule has 0 rings (SSSR count). The van der Waals surface area contributed by atoms with Crippen molar-refractivity contribution in [1.82, 2.24) is 5.73 Å².